The Bertz CT molecular complexity index is 844. The Kier molecular flexibility index (Phi) is 5.32. The largest absolute Gasteiger partial charge is 0.320 e. The van der Waals surface area contributed by atoms with Crippen LogP contribution in [-0.2, 0) is 4.79 Å². The maximum Gasteiger partial charge on any atom is 0.266 e. The molecule has 0 aromatic heterocycles. The molecule has 0 radical (unpaired) electrons. The van der Waals surface area contributed by atoms with E-state index in [1.54, 1.807) is 18.2 Å². The van der Waals surface area contributed by atoms with Gasteiger partial charge in [-0.1, -0.05) is 35.3 Å². The summed E-state index contributed by atoms with van der Waals surface area (Å²) in [5.74, 6) is -2.84. The molecule has 2 aromatic rings. The molecule has 3 nitrogen and oxygen atoms in total. The summed E-state index contributed by atoms with van der Waals surface area (Å²) < 4.78 is 26.0. The zero-order valence-corrected chi connectivity index (χ0v) is 12.9. The van der Waals surface area contributed by atoms with E-state index in [9.17, 15) is 13.6 Å². The normalized spacial score (nSPS) is 11.0. The molecule has 116 valence electrons. The van der Waals surface area contributed by atoms with E-state index >= 15 is 0 Å². The van der Waals surface area contributed by atoms with Crippen LogP contribution in [0, 0.1) is 23.0 Å². The number of hydrogen-bond donors (Lipinski definition) is 1. The van der Waals surface area contributed by atoms with E-state index in [2.05, 4.69) is 5.32 Å². The number of hydrogen-bond acceptors (Lipinski definition) is 2. The van der Waals surface area contributed by atoms with Crippen molar-refractivity contribution in [2.75, 3.05) is 5.32 Å². The van der Waals surface area contributed by atoms with E-state index in [1.807, 2.05) is 0 Å². The number of benzene rings is 2. The third-order valence-corrected chi connectivity index (χ3v) is 3.64. The minimum atomic E-state index is -1.07. The van der Waals surface area contributed by atoms with Crippen LogP contribution in [0.4, 0.5) is 14.5 Å². The van der Waals surface area contributed by atoms with Gasteiger partial charge in [0.15, 0.2) is 11.6 Å². The molecule has 0 spiro atoms. The molecule has 0 aliphatic rings. The van der Waals surface area contributed by atoms with Crippen molar-refractivity contribution in [1.82, 2.24) is 0 Å². The molecule has 0 saturated heterocycles. The quantitative estimate of drug-likeness (QED) is 0.636. The minimum Gasteiger partial charge on any atom is -0.320 e. The molecule has 0 aliphatic carbocycles. The smallest absolute Gasteiger partial charge is 0.266 e. The molecule has 1 N–H and O–H groups in total. The fraction of sp³-hybridized carbons (Fsp3) is 0. The highest BCUT2D eigenvalue weighted by Crippen LogP contribution is 2.29. The lowest BCUT2D eigenvalue weighted by atomic mass is 10.1. The van der Waals surface area contributed by atoms with Gasteiger partial charge in [-0.15, -0.1) is 0 Å². The number of halogens is 4. The van der Waals surface area contributed by atoms with Gasteiger partial charge < -0.3 is 5.32 Å². The Balaban J connectivity index is 2.28. The molecule has 0 bridgehead atoms. The van der Waals surface area contributed by atoms with Crippen LogP contribution in [0.5, 0.6) is 0 Å². The zero-order valence-electron chi connectivity index (χ0n) is 11.4. The van der Waals surface area contributed by atoms with Gasteiger partial charge in [0.05, 0.1) is 15.7 Å². The van der Waals surface area contributed by atoms with Crippen molar-refractivity contribution in [2.45, 2.75) is 0 Å². The Morgan fingerprint density at radius 1 is 1.17 bits per heavy atom. The van der Waals surface area contributed by atoms with Crippen LogP contribution < -0.4 is 5.32 Å². The molecule has 0 aliphatic heterocycles. The summed E-state index contributed by atoms with van der Waals surface area (Å²) in [6, 6.07) is 9.36. The highest BCUT2D eigenvalue weighted by molar-refractivity contribution is 6.44. The topological polar surface area (TPSA) is 52.9 Å². The first-order valence-corrected chi connectivity index (χ1v) is 7.00. The van der Waals surface area contributed by atoms with Gasteiger partial charge in [0.2, 0.25) is 0 Å². The van der Waals surface area contributed by atoms with Crippen LogP contribution in [0.25, 0.3) is 6.08 Å². The second-order valence-electron chi connectivity index (χ2n) is 4.40. The van der Waals surface area contributed by atoms with Crippen LogP contribution in [0.3, 0.4) is 0 Å². The summed E-state index contributed by atoms with van der Waals surface area (Å²) in [5.41, 5.74) is 0.107. The maximum absolute atomic E-state index is 13.2. The molecule has 0 unspecified atom stereocenters. The number of carbonyl (C=O) groups is 1. The summed E-state index contributed by atoms with van der Waals surface area (Å²) >= 11 is 11.8. The van der Waals surface area contributed by atoms with Crippen molar-refractivity contribution in [2.24, 2.45) is 0 Å². The first kappa shape index (κ1) is 16.9. The summed E-state index contributed by atoms with van der Waals surface area (Å²) in [7, 11) is 0. The Morgan fingerprint density at radius 2 is 1.91 bits per heavy atom. The summed E-state index contributed by atoms with van der Waals surface area (Å²) in [6.45, 7) is 0. The lowest BCUT2D eigenvalue weighted by Crippen LogP contribution is -2.13. The Morgan fingerprint density at radius 3 is 2.57 bits per heavy atom. The van der Waals surface area contributed by atoms with Crippen molar-refractivity contribution in [3.63, 3.8) is 0 Å². The predicted octanol–water partition coefficient (Wildman–Crippen LogP) is 4.82. The van der Waals surface area contributed by atoms with E-state index in [0.717, 1.165) is 18.2 Å². The third-order valence-electron chi connectivity index (χ3n) is 2.82. The first-order valence-electron chi connectivity index (χ1n) is 6.24. The maximum atomic E-state index is 13.2. The van der Waals surface area contributed by atoms with Crippen molar-refractivity contribution in [1.29, 1.82) is 5.26 Å². The highest BCUT2D eigenvalue weighted by atomic mass is 35.5. The van der Waals surface area contributed by atoms with Crippen LogP contribution in [0.15, 0.2) is 42.0 Å². The average molecular weight is 353 g/mol. The van der Waals surface area contributed by atoms with E-state index in [-0.39, 0.29) is 26.9 Å². The number of anilines is 1. The molecule has 2 aromatic carbocycles. The van der Waals surface area contributed by atoms with E-state index in [1.165, 1.54) is 12.1 Å². The number of nitrogens with zero attached hydrogens (tertiary/aromatic N) is 1. The summed E-state index contributed by atoms with van der Waals surface area (Å²) in [4.78, 5) is 12.1. The molecule has 0 atom stereocenters. The van der Waals surface area contributed by atoms with Crippen molar-refractivity contribution in [3.8, 4) is 6.07 Å². The molecule has 1 amide bonds. The zero-order chi connectivity index (χ0) is 17.0. The second kappa shape index (κ2) is 7.23. The van der Waals surface area contributed by atoms with Crippen LogP contribution in [-0.4, -0.2) is 5.91 Å². The molecule has 0 saturated carbocycles. The third kappa shape index (κ3) is 4.07. The van der Waals surface area contributed by atoms with Crippen LogP contribution in [0.1, 0.15) is 5.56 Å². The molecule has 7 heteroatoms. The van der Waals surface area contributed by atoms with Crippen molar-refractivity contribution >= 4 is 40.9 Å². The van der Waals surface area contributed by atoms with Gasteiger partial charge in [-0.2, -0.15) is 5.26 Å². The molecular weight excluding hydrogens is 345 g/mol. The fourth-order valence-corrected chi connectivity index (χ4v) is 2.06. The fourth-order valence-electron chi connectivity index (χ4n) is 1.71. The molecule has 0 fully saturated rings. The van der Waals surface area contributed by atoms with Gasteiger partial charge >= 0.3 is 0 Å². The van der Waals surface area contributed by atoms with E-state index in [0.29, 0.717) is 0 Å². The van der Waals surface area contributed by atoms with Gasteiger partial charge in [0, 0.05) is 0 Å². The summed E-state index contributed by atoms with van der Waals surface area (Å²) in [5, 5.41) is 11.9. The Hall–Kier alpha value is -2.42. The van der Waals surface area contributed by atoms with Gasteiger partial charge in [-0.05, 0) is 35.9 Å². The van der Waals surface area contributed by atoms with Gasteiger partial charge in [0.1, 0.15) is 11.6 Å². The lowest BCUT2D eigenvalue weighted by Gasteiger charge is -2.07. The lowest BCUT2D eigenvalue weighted by molar-refractivity contribution is -0.112. The van der Waals surface area contributed by atoms with E-state index in [4.69, 9.17) is 28.5 Å². The predicted molar refractivity (Wildman–Crippen MR) is 85.0 cm³/mol. The average Bonchev–Trinajstić information content (AvgIpc) is 2.52. The number of nitrogens with one attached hydrogen (secondary N) is 1. The summed E-state index contributed by atoms with van der Waals surface area (Å²) in [6.07, 6.45) is 1.14. The first-order chi connectivity index (χ1) is 10.9. The SMILES string of the molecule is N#C/C(=C/c1ccc(F)c(F)c1)C(=O)Nc1cccc(Cl)c1Cl. The van der Waals surface area contributed by atoms with E-state index < -0.39 is 17.5 Å². The molecule has 0 heterocycles. The standard InChI is InChI=1S/C16H8Cl2F2N2O/c17-11-2-1-3-14(15(11)18)22-16(23)10(8-21)6-9-4-5-12(19)13(20)7-9/h1-7H,(H,22,23)/b10-6-. The number of carbonyl (C=O) groups excluding carboxylic acids is 1. The number of nitriles is 1. The van der Waals surface area contributed by atoms with Gasteiger partial charge in [0.25, 0.3) is 5.91 Å². The molecule has 2 rings (SSSR count). The molecule has 23 heavy (non-hydrogen) atoms. The van der Waals surface area contributed by atoms with Crippen LogP contribution in [0.2, 0.25) is 10.0 Å². The Labute approximate surface area is 140 Å². The van der Waals surface area contributed by atoms with Crippen molar-refractivity contribution in [3.05, 3.63) is 69.2 Å². The molecular formula is C16H8Cl2F2N2O. The highest BCUT2D eigenvalue weighted by Gasteiger charge is 2.13. The number of amides is 1. The van der Waals surface area contributed by atoms with Gasteiger partial charge in [-0.25, -0.2) is 8.78 Å². The second-order valence-corrected chi connectivity index (χ2v) is 5.18. The minimum absolute atomic E-state index is 0.132. The number of rotatable bonds is 3. The van der Waals surface area contributed by atoms with Gasteiger partial charge in [-0.3, -0.25) is 4.79 Å². The van der Waals surface area contributed by atoms with Crippen LogP contribution >= 0.6 is 23.2 Å². The monoisotopic (exact) mass is 352 g/mol. The van der Waals surface area contributed by atoms with Crippen molar-refractivity contribution < 1.29 is 13.6 Å².